The van der Waals surface area contributed by atoms with E-state index in [1.165, 1.54) is 6.26 Å². The summed E-state index contributed by atoms with van der Waals surface area (Å²) in [7, 11) is -3.25. The van der Waals surface area contributed by atoms with Crippen LogP contribution in [0.2, 0.25) is 0 Å². The standard InChI is InChI=1S/C21H24N2O4S/c1-3-19(15-8-12-18(13-9-15)28(2,26)27)22-21(25)16-6-10-17(11-7-16)23-14-4-5-20(23)24/h6-13,19H,3-5,14H2,1-2H3,(H,22,25). The summed E-state index contributed by atoms with van der Waals surface area (Å²) in [6, 6.07) is 13.4. The maximum atomic E-state index is 12.6. The first-order valence-corrected chi connectivity index (χ1v) is 11.2. The number of amides is 2. The lowest BCUT2D eigenvalue weighted by Crippen LogP contribution is -2.28. The number of hydrogen-bond donors (Lipinski definition) is 1. The molecule has 28 heavy (non-hydrogen) atoms. The minimum absolute atomic E-state index is 0.112. The third-order valence-corrected chi connectivity index (χ3v) is 6.07. The topological polar surface area (TPSA) is 83.6 Å². The van der Waals surface area contributed by atoms with E-state index in [2.05, 4.69) is 5.32 Å². The van der Waals surface area contributed by atoms with Gasteiger partial charge in [-0.15, -0.1) is 0 Å². The van der Waals surface area contributed by atoms with Crippen molar-refractivity contribution < 1.29 is 18.0 Å². The van der Waals surface area contributed by atoms with Gasteiger partial charge in [-0.2, -0.15) is 0 Å². The Morgan fingerprint density at radius 2 is 1.75 bits per heavy atom. The molecule has 3 rings (SSSR count). The van der Waals surface area contributed by atoms with Crippen molar-refractivity contribution >= 4 is 27.3 Å². The molecule has 1 heterocycles. The Morgan fingerprint density at radius 1 is 1.11 bits per heavy atom. The first-order chi connectivity index (χ1) is 13.3. The predicted octanol–water partition coefficient (Wildman–Crippen LogP) is 3.10. The van der Waals surface area contributed by atoms with E-state index in [-0.39, 0.29) is 22.8 Å². The zero-order chi connectivity index (χ0) is 20.3. The summed E-state index contributed by atoms with van der Waals surface area (Å²) in [5.74, 6) is -0.0980. The molecular weight excluding hydrogens is 376 g/mol. The normalized spacial score (nSPS) is 15.5. The average molecular weight is 401 g/mol. The molecule has 0 spiro atoms. The van der Waals surface area contributed by atoms with Gasteiger partial charge in [-0.3, -0.25) is 9.59 Å². The Morgan fingerprint density at radius 3 is 2.25 bits per heavy atom. The number of anilines is 1. The lowest BCUT2D eigenvalue weighted by molar-refractivity contribution is -0.117. The fourth-order valence-corrected chi connectivity index (χ4v) is 3.95. The van der Waals surface area contributed by atoms with Crippen LogP contribution in [-0.2, 0) is 14.6 Å². The van der Waals surface area contributed by atoms with E-state index in [0.29, 0.717) is 24.9 Å². The van der Waals surface area contributed by atoms with Crippen molar-refractivity contribution in [2.24, 2.45) is 0 Å². The molecule has 1 N–H and O–H groups in total. The van der Waals surface area contributed by atoms with Gasteiger partial charge in [0.2, 0.25) is 5.91 Å². The number of nitrogens with one attached hydrogen (secondary N) is 1. The number of benzene rings is 2. The Labute approximate surface area is 165 Å². The first kappa shape index (κ1) is 20.1. The van der Waals surface area contributed by atoms with E-state index >= 15 is 0 Å². The maximum absolute atomic E-state index is 12.6. The molecule has 1 aliphatic rings. The van der Waals surface area contributed by atoms with Crippen molar-refractivity contribution in [1.82, 2.24) is 5.32 Å². The van der Waals surface area contributed by atoms with Crippen LogP contribution < -0.4 is 10.2 Å². The van der Waals surface area contributed by atoms with E-state index in [1.54, 1.807) is 53.4 Å². The number of carbonyl (C=O) groups is 2. The first-order valence-electron chi connectivity index (χ1n) is 9.31. The SMILES string of the molecule is CCC(NC(=O)c1ccc(N2CCCC2=O)cc1)c1ccc(S(C)(=O)=O)cc1. The van der Waals surface area contributed by atoms with E-state index in [0.717, 1.165) is 17.7 Å². The lowest BCUT2D eigenvalue weighted by atomic mass is 10.0. The molecule has 0 radical (unpaired) electrons. The van der Waals surface area contributed by atoms with Crippen LogP contribution in [-0.4, -0.2) is 33.0 Å². The van der Waals surface area contributed by atoms with Gasteiger partial charge in [0.05, 0.1) is 10.9 Å². The van der Waals surface area contributed by atoms with Gasteiger partial charge in [0.1, 0.15) is 0 Å². The summed E-state index contributed by atoms with van der Waals surface area (Å²) in [4.78, 5) is 26.4. The molecule has 6 nitrogen and oxygen atoms in total. The molecule has 148 valence electrons. The van der Waals surface area contributed by atoms with E-state index in [4.69, 9.17) is 0 Å². The third-order valence-electron chi connectivity index (χ3n) is 4.94. The molecule has 0 bridgehead atoms. The van der Waals surface area contributed by atoms with Crippen molar-refractivity contribution in [3.05, 3.63) is 59.7 Å². The number of nitrogens with zero attached hydrogens (tertiary/aromatic N) is 1. The van der Waals surface area contributed by atoms with Crippen LogP contribution in [0.5, 0.6) is 0 Å². The van der Waals surface area contributed by atoms with Gasteiger partial charge < -0.3 is 10.2 Å². The van der Waals surface area contributed by atoms with Gasteiger partial charge in [0.25, 0.3) is 5.91 Å². The van der Waals surface area contributed by atoms with Crippen molar-refractivity contribution in [1.29, 1.82) is 0 Å². The van der Waals surface area contributed by atoms with Crippen LogP contribution in [0.25, 0.3) is 0 Å². The molecule has 2 aromatic rings. The molecule has 1 unspecified atom stereocenters. The highest BCUT2D eigenvalue weighted by Gasteiger charge is 2.22. The van der Waals surface area contributed by atoms with Gasteiger partial charge >= 0.3 is 0 Å². The van der Waals surface area contributed by atoms with Gasteiger partial charge in [0.15, 0.2) is 9.84 Å². The van der Waals surface area contributed by atoms with Gasteiger partial charge in [-0.05, 0) is 54.8 Å². The Bertz CT molecular complexity index is 966. The van der Waals surface area contributed by atoms with Crippen LogP contribution in [0.15, 0.2) is 53.4 Å². The quantitative estimate of drug-likeness (QED) is 0.808. The molecule has 0 aromatic heterocycles. The molecule has 7 heteroatoms. The van der Waals surface area contributed by atoms with Gasteiger partial charge in [-0.1, -0.05) is 19.1 Å². The Hall–Kier alpha value is -2.67. The van der Waals surface area contributed by atoms with Crippen LogP contribution in [0, 0.1) is 0 Å². The van der Waals surface area contributed by atoms with E-state index < -0.39 is 9.84 Å². The van der Waals surface area contributed by atoms with Crippen LogP contribution in [0.1, 0.15) is 48.1 Å². The molecule has 1 atom stereocenters. The second-order valence-electron chi connectivity index (χ2n) is 6.97. The number of hydrogen-bond acceptors (Lipinski definition) is 4. The smallest absolute Gasteiger partial charge is 0.251 e. The highest BCUT2D eigenvalue weighted by atomic mass is 32.2. The van der Waals surface area contributed by atoms with Crippen LogP contribution in [0.4, 0.5) is 5.69 Å². The minimum atomic E-state index is -3.25. The summed E-state index contributed by atoms with van der Waals surface area (Å²) in [5, 5.41) is 2.99. The largest absolute Gasteiger partial charge is 0.345 e. The predicted molar refractivity (Wildman–Crippen MR) is 108 cm³/mol. The second kappa shape index (κ2) is 8.14. The summed E-state index contributed by atoms with van der Waals surface area (Å²) in [6.07, 6.45) is 3.26. The van der Waals surface area contributed by atoms with Crippen molar-refractivity contribution in [3.63, 3.8) is 0 Å². The fraction of sp³-hybridized carbons (Fsp3) is 0.333. The van der Waals surface area contributed by atoms with Crippen LogP contribution in [0.3, 0.4) is 0 Å². The average Bonchev–Trinajstić information content (AvgIpc) is 3.11. The third kappa shape index (κ3) is 4.42. The molecule has 1 fully saturated rings. The molecule has 0 saturated carbocycles. The Kier molecular flexibility index (Phi) is 5.84. The summed E-state index contributed by atoms with van der Waals surface area (Å²) < 4.78 is 23.2. The molecule has 2 aromatic carbocycles. The number of carbonyl (C=O) groups excluding carboxylic acids is 2. The van der Waals surface area contributed by atoms with Crippen molar-refractivity contribution in [2.45, 2.75) is 37.1 Å². The zero-order valence-corrected chi connectivity index (χ0v) is 16.8. The van der Waals surface area contributed by atoms with Gasteiger partial charge in [0, 0.05) is 30.5 Å². The van der Waals surface area contributed by atoms with Gasteiger partial charge in [-0.25, -0.2) is 8.42 Å². The minimum Gasteiger partial charge on any atom is -0.345 e. The highest BCUT2D eigenvalue weighted by molar-refractivity contribution is 7.90. The summed E-state index contributed by atoms with van der Waals surface area (Å²) in [6.45, 7) is 2.67. The lowest BCUT2D eigenvalue weighted by Gasteiger charge is -2.19. The highest BCUT2D eigenvalue weighted by Crippen LogP contribution is 2.23. The maximum Gasteiger partial charge on any atom is 0.251 e. The van der Waals surface area contributed by atoms with Crippen LogP contribution >= 0.6 is 0 Å². The number of sulfone groups is 1. The summed E-state index contributed by atoms with van der Waals surface area (Å²) >= 11 is 0. The van der Waals surface area contributed by atoms with Crippen molar-refractivity contribution in [3.8, 4) is 0 Å². The zero-order valence-electron chi connectivity index (χ0n) is 16.0. The van der Waals surface area contributed by atoms with E-state index in [9.17, 15) is 18.0 Å². The molecular formula is C21H24N2O4S. The number of rotatable bonds is 6. The van der Waals surface area contributed by atoms with Crippen molar-refractivity contribution in [2.75, 3.05) is 17.7 Å². The molecule has 1 aliphatic heterocycles. The molecule has 2 amide bonds. The Balaban J connectivity index is 1.70. The molecule has 1 saturated heterocycles. The molecule has 0 aliphatic carbocycles. The van der Waals surface area contributed by atoms with E-state index in [1.807, 2.05) is 6.92 Å². The fourth-order valence-electron chi connectivity index (χ4n) is 3.32. The second-order valence-corrected chi connectivity index (χ2v) is 8.99. The monoisotopic (exact) mass is 400 g/mol. The summed E-state index contributed by atoms with van der Waals surface area (Å²) in [5.41, 5.74) is 2.17.